The Hall–Kier alpha value is -1.33. The van der Waals surface area contributed by atoms with Crippen molar-refractivity contribution in [2.45, 2.75) is 25.6 Å². The molecule has 1 aliphatic rings. The standard InChI is InChI=1S/C12H18N2O3/c1-12(2)8-14(6-9(7-15)17-12)11(16)10-4-3-5-13-10/h3-5,9,13,15H,6-8H2,1-2H3. The molecule has 1 fully saturated rings. The first-order valence-corrected chi connectivity index (χ1v) is 5.73. The highest BCUT2D eigenvalue weighted by atomic mass is 16.5. The van der Waals surface area contributed by atoms with Crippen molar-refractivity contribution >= 4 is 5.91 Å². The van der Waals surface area contributed by atoms with Gasteiger partial charge in [0, 0.05) is 19.3 Å². The van der Waals surface area contributed by atoms with E-state index in [-0.39, 0.29) is 18.6 Å². The summed E-state index contributed by atoms with van der Waals surface area (Å²) in [6, 6.07) is 3.54. The van der Waals surface area contributed by atoms with Crippen molar-refractivity contribution in [3.8, 4) is 0 Å². The molecule has 2 heterocycles. The smallest absolute Gasteiger partial charge is 0.270 e. The normalized spacial score (nSPS) is 23.7. The molecule has 17 heavy (non-hydrogen) atoms. The molecule has 0 saturated carbocycles. The minimum absolute atomic E-state index is 0.0511. The Morgan fingerprint density at radius 3 is 3.06 bits per heavy atom. The number of hydrogen-bond acceptors (Lipinski definition) is 3. The Kier molecular flexibility index (Phi) is 3.22. The summed E-state index contributed by atoms with van der Waals surface area (Å²) in [4.78, 5) is 16.8. The number of aliphatic hydroxyl groups excluding tert-OH is 1. The van der Waals surface area contributed by atoms with E-state index in [2.05, 4.69) is 4.98 Å². The third-order valence-electron chi connectivity index (χ3n) is 2.80. The molecule has 1 aromatic heterocycles. The quantitative estimate of drug-likeness (QED) is 0.794. The largest absolute Gasteiger partial charge is 0.394 e. The Labute approximate surface area is 100 Å². The number of amides is 1. The second-order valence-corrected chi connectivity index (χ2v) is 4.95. The van der Waals surface area contributed by atoms with Crippen LogP contribution in [0.5, 0.6) is 0 Å². The summed E-state index contributed by atoms with van der Waals surface area (Å²) in [5, 5.41) is 9.18. The Bertz CT molecular complexity index is 386. The summed E-state index contributed by atoms with van der Waals surface area (Å²) >= 11 is 0. The Morgan fingerprint density at radius 2 is 2.47 bits per heavy atom. The SMILES string of the molecule is CC1(C)CN(C(=O)c2ccc[nH]2)CC(CO)O1. The Balaban J connectivity index is 2.12. The molecule has 1 unspecified atom stereocenters. The molecular formula is C12H18N2O3. The second-order valence-electron chi connectivity index (χ2n) is 4.95. The van der Waals surface area contributed by atoms with E-state index in [0.29, 0.717) is 18.8 Å². The summed E-state index contributed by atoms with van der Waals surface area (Å²) in [6.45, 7) is 4.73. The van der Waals surface area contributed by atoms with Crippen molar-refractivity contribution in [1.29, 1.82) is 0 Å². The summed E-state index contributed by atoms with van der Waals surface area (Å²) in [6.07, 6.45) is 1.42. The maximum Gasteiger partial charge on any atom is 0.270 e. The van der Waals surface area contributed by atoms with Gasteiger partial charge < -0.3 is 19.7 Å². The lowest BCUT2D eigenvalue weighted by Gasteiger charge is -2.42. The van der Waals surface area contributed by atoms with Crippen LogP contribution in [0.1, 0.15) is 24.3 Å². The lowest BCUT2D eigenvalue weighted by molar-refractivity contribution is -0.139. The van der Waals surface area contributed by atoms with Crippen molar-refractivity contribution in [3.05, 3.63) is 24.0 Å². The molecule has 5 nitrogen and oxygen atoms in total. The summed E-state index contributed by atoms with van der Waals surface area (Å²) in [7, 11) is 0. The van der Waals surface area contributed by atoms with E-state index in [4.69, 9.17) is 4.74 Å². The van der Waals surface area contributed by atoms with Crippen molar-refractivity contribution in [2.75, 3.05) is 19.7 Å². The number of morpholine rings is 1. The highest BCUT2D eigenvalue weighted by Gasteiger charge is 2.35. The van der Waals surface area contributed by atoms with Crippen molar-refractivity contribution < 1.29 is 14.6 Å². The first kappa shape index (κ1) is 12.1. The molecule has 0 spiro atoms. The molecule has 1 amide bonds. The molecular weight excluding hydrogens is 220 g/mol. The van der Waals surface area contributed by atoms with Crippen LogP contribution in [0.15, 0.2) is 18.3 Å². The van der Waals surface area contributed by atoms with E-state index >= 15 is 0 Å². The van der Waals surface area contributed by atoms with Gasteiger partial charge in [-0.25, -0.2) is 0 Å². The molecule has 0 bridgehead atoms. The molecule has 0 aliphatic carbocycles. The predicted octanol–water partition coefficient (Wildman–Crippen LogP) is 0.627. The molecule has 1 atom stereocenters. The average molecular weight is 238 g/mol. The van der Waals surface area contributed by atoms with Gasteiger partial charge in [0.15, 0.2) is 0 Å². The van der Waals surface area contributed by atoms with E-state index in [0.717, 1.165) is 0 Å². The molecule has 2 N–H and O–H groups in total. The van der Waals surface area contributed by atoms with Crippen LogP contribution in [0, 0.1) is 0 Å². The number of hydrogen-bond donors (Lipinski definition) is 2. The number of aromatic nitrogens is 1. The minimum atomic E-state index is -0.423. The zero-order chi connectivity index (χ0) is 12.5. The molecule has 1 saturated heterocycles. The molecule has 0 radical (unpaired) electrons. The second kappa shape index (κ2) is 4.50. The number of carbonyl (C=O) groups excluding carboxylic acids is 1. The van der Waals surface area contributed by atoms with Gasteiger partial charge >= 0.3 is 0 Å². The molecule has 0 aromatic carbocycles. The number of nitrogens with one attached hydrogen (secondary N) is 1. The first-order valence-electron chi connectivity index (χ1n) is 5.73. The molecule has 5 heteroatoms. The molecule has 1 aliphatic heterocycles. The minimum Gasteiger partial charge on any atom is -0.394 e. The fourth-order valence-corrected chi connectivity index (χ4v) is 2.18. The number of rotatable bonds is 2. The summed E-state index contributed by atoms with van der Waals surface area (Å²) in [5.41, 5.74) is 0.146. The predicted molar refractivity (Wildman–Crippen MR) is 62.7 cm³/mol. The zero-order valence-corrected chi connectivity index (χ0v) is 10.1. The molecule has 1 aromatic rings. The van der Waals surface area contributed by atoms with Gasteiger partial charge in [-0.05, 0) is 26.0 Å². The maximum atomic E-state index is 12.2. The number of aliphatic hydroxyl groups is 1. The van der Waals surface area contributed by atoms with Crippen LogP contribution in [0.2, 0.25) is 0 Å². The third kappa shape index (κ3) is 2.68. The van der Waals surface area contributed by atoms with E-state index in [9.17, 15) is 9.90 Å². The number of nitrogens with zero attached hydrogens (tertiary/aromatic N) is 1. The topological polar surface area (TPSA) is 65.6 Å². The van der Waals surface area contributed by atoms with Crippen molar-refractivity contribution in [3.63, 3.8) is 0 Å². The van der Waals surface area contributed by atoms with Crippen LogP contribution >= 0.6 is 0 Å². The van der Waals surface area contributed by atoms with E-state index < -0.39 is 5.60 Å². The van der Waals surface area contributed by atoms with E-state index in [1.54, 1.807) is 23.2 Å². The van der Waals surface area contributed by atoms with Crippen LogP contribution in [0.4, 0.5) is 0 Å². The zero-order valence-electron chi connectivity index (χ0n) is 10.1. The Morgan fingerprint density at radius 1 is 1.71 bits per heavy atom. The monoisotopic (exact) mass is 238 g/mol. The van der Waals surface area contributed by atoms with Gasteiger partial charge in [0.05, 0.1) is 18.3 Å². The molecule has 2 rings (SSSR count). The van der Waals surface area contributed by atoms with Crippen molar-refractivity contribution in [2.24, 2.45) is 0 Å². The van der Waals surface area contributed by atoms with Crippen LogP contribution < -0.4 is 0 Å². The van der Waals surface area contributed by atoms with Crippen molar-refractivity contribution in [1.82, 2.24) is 9.88 Å². The van der Waals surface area contributed by atoms with Gasteiger partial charge in [-0.1, -0.05) is 0 Å². The van der Waals surface area contributed by atoms with E-state index in [1.165, 1.54) is 0 Å². The number of H-pyrrole nitrogens is 1. The lowest BCUT2D eigenvalue weighted by Crippen LogP contribution is -2.55. The fraction of sp³-hybridized carbons (Fsp3) is 0.583. The highest BCUT2D eigenvalue weighted by molar-refractivity contribution is 5.92. The van der Waals surface area contributed by atoms with Gasteiger partial charge in [0.1, 0.15) is 5.69 Å². The van der Waals surface area contributed by atoms with Gasteiger partial charge in [-0.15, -0.1) is 0 Å². The fourth-order valence-electron chi connectivity index (χ4n) is 2.18. The number of aromatic amines is 1. The lowest BCUT2D eigenvalue weighted by atomic mass is 10.0. The number of ether oxygens (including phenoxy) is 1. The summed E-state index contributed by atoms with van der Waals surface area (Å²) < 4.78 is 5.67. The molecule has 94 valence electrons. The summed E-state index contributed by atoms with van der Waals surface area (Å²) in [5.74, 6) is -0.0511. The van der Waals surface area contributed by atoms with Gasteiger partial charge in [0.25, 0.3) is 5.91 Å². The highest BCUT2D eigenvalue weighted by Crippen LogP contribution is 2.22. The van der Waals surface area contributed by atoms with Crippen LogP contribution in [0.25, 0.3) is 0 Å². The average Bonchev–Trinajstić information content (AvgIpc) is 2.79. The number of carbonyl (C=O) groups is 1. The van der Waals surface area contributed by atoms with Crippen LogP contribution in [-0.4, -0.2) is 52.3 Å². The van der Waals surface area contributed by atoms with Crippen LogP contribution in [0.3, 0.4) is 0 Å². The van der Waals surface area contributed by atoms with E-state index in [1.807, 2.05) is 13.8 Å². The van der Waals surface area contributed by atoms with Gasteiger partial charge in [-0.2, -0.15) is 0 Å². The van der Waals surface area contributed by atoms with Gasteiger partial charge in [-0.3, -0.25) is 4.79 Å². The first-order chi connectivity index (χ1) is 8.02. The maximum absolute atomic E-state index is 12.2. The van der Waals surface area contributed by atoms with Crippen LogP contribution in [-0.2, 0) is 4.74 Å². The third-order valence-corrected chi connectivity index (χ3v) is 2.80. The van der Waals surface area contributed by atoms with Gasteiger partial charge in [0.2, 0.25) is 0 Å².